The Morgan fingerprint density at radius 1 is 1.24 bits per heavy atom. The molecule has 25 heavy (non-hydrogen) atoms. The average Bonchev–Trinajstić information content (AvgIpc) is 2.82. The van der Waals surface area contributed by atoms with Gasteiger partial charge in [-0.2, -0.15) is 4.72 Å². The lowest BCUT2D eigenvalue weighted by molar-refractivity contribution is -0.118. The van der Waals surface area contributed by atoms with Gasteiger partial charge in [-0.1, -0.05) is 26.0 Å². The fourth-order valence-electron chi connectivity index (χ4n) is 2.09. The van der Waals surface area contributed by atoms with Crippen LogP contribution in [0.25, 0.3) is 0 Å². The molecule has 0 radical (unpaired) electrons. The number of amides is 1. The summed E-state index contributed by atoms with van der Waals surface area (Å²) >= 11 is 1.31. The molecule has 0 saturated carbocycles. The van der Waals surface area contributed by atoms with E-state index >= 15 is 0 Å². The highest BCUT2D eigenvalue weighted by Gasteiger charge is 2.30. The van der Waals surface area contributed by atoms with Crippen LogP contribution in [0, 0.1) is 25.6 Å². The van der Waals surface area contributed by atoms with Crippen molar-refractivity contribution in [3.63, 3.8) is 0 Å². The number of nitrogens with zero attached hydrogens (tertiary/aromatic N) is 1. The third-order valence-corrected chi connectivity index (χ3v) is 6.08. The number of hydrogen-bond acceptors (Lipinski definition) is 5. The summed E-state index contributed by atoms with van der Waals surface area (Å²) < 4.78 is 41.0. The van der Waals surface area contributed by atoms with Crippen molar-refractivity contribution in [3.8, 4) is 0 Å². The Labute approximate surface area is 150 Å². The normalized spacial score (nSPS) is 13.0. The number of aryl methyl sites for hydroxylation is 2. The number of thiazole rings is 1. The van der Waals surface area contributed by atoms with E-state index in [0.29, 0.717) is 5.13 Å². The lowest BCUT2D eigenvalue weighted by Gasteiger charge is -2.21. The quantitative estimate of drug-likeness (QED) is 0.800. The third-order valence-electron chi connectivity index (χ3n) is 3.62. The minimum Gasteiger partial charge on any atom is -0.301 e. The van der Waals surface area contributed by atoms with Crippen molar-refractivity contribution in [1.29, 1.82) is 0 Å². The Morgan fingerprint density at radius 2 is 1.88 bits per heavy atom. The predicted octanol–water partition coefficient (Wildman–Crippen LogP) is 2.84. The standard InChI is InChI=1S/C16H20FN3O3S2/c1-9(2)14(15(21)19-16-18-10(3)11(4)24-16)20-25(22,23)13-8-6-5-7-12(13)17/h5-9,14,20H,1-4H3,(H,18,19,21)/t14-/m0/s1. The Balaban J connectivity index is 2.23. The minimum absolute atomic E-state index is 0.344. The second-order valence-electron chi connectivity index (χ2n) is 5.92. The van der Waals surface area contributed by atoms with E-state index in [4.69, 9.17) is 0 Å². The first-order chi connectivity index (χ1) is 11.6. The molecule has 0 aliphatic carbocycles. The first-order valence-corrected chi connectivity index (χ1v) is 9.93. The van der Waals surface area contributed by atoms with Crippen LogP contribution in [0.2, 0.25) is 0 Å². The molecule has 0 aliphatic rings. The van der Waals surface area contributed by atoms with Crippen LogP contribution in [-0.2, 0) is 14.8 Å². The maximum absolute atomic E-state index is 13.8. The van der Waals surface area contributed by atoms with Crippen molar-refractivity contribution < 1.29 is 17.6 Å². The van der Waals surface area contributed by atoms with Gasteiger partial charge >= 0.3 is 0 Å². The summed E-state index contributed by atoms with van der Waals surface area (Å²) in [6.45, 7) is 7.10. The van der Waals surface area contributed by atoms with E-state index in [1.165, 1.54) is 23.5 Å². The molecule has 9 heteroatoms. The summed E-state index contributed by atoms with van der Waals surface area (Å²) in [5.41, 5.74) is 0.799. The highest BCUT2D eigenvalue weighted by atomic mass is 32.2. The van der Waals surface area contributed by atoms with Crippen molar-refractivity contribution in [3.05, 3.63) is 40.7 Å². The molecule has 2 aromatic rings. The SMILES string of the molecule is Cc1nc(NC(=O)[C@@H](NS(=O)(=O)c2ccccc2F)C(C)C)sc1C. The highest BCUT2D eigenvalue weighted by Crippen LogP contribution is 2.22. The second kappa shape index (κ2) is 7.59. The van der Waals surface area contributed by atoms with Crippen LogP contribution < -0.4 is 10.0 Å². The number of anilines is 1. The zero-order valence-electron chi connectivity index (χ0n) is 14.3. The lowest BCUT2D eigenvalue weighted by atomic mass is 10.1. The van der Waals surface area contributed by atoms with Gasteiger partial charge in [0.2, 0.25) is 15.9 Å². The topological polar surface area (TPSA) is 88.2 Å². The Hall–Kier alpha value is -1.84. The molecule has 2 N–H and O–H groups in total. The van der Waals surface area contributed by atoms with E-state index in [0.717, 1.165) is 22.7 Å². The van der Waals surface area contributed by atoms with Crippen LogP contribution in [0.15, 0.2) is 29.2 Å². The van der Waals surface area contributed by atoms with Gasteiger partial charge < -0.3 is 5.32 Å². The zero-order chi connectivity index (χ0) is 18.8. The first-order valence-electron chi connectivity index (χ1n) is 7.63. The van der Waals surface area contributed by atoms with Crippen LogP contribution in [0.5, 0.6) is 0 Å². The van der Waals surface area contributed by atoms with E-state index in [-0.39, 0.29) is 5.92 Å². The first kappa shape index (κ1) is 19.5. The summed E-state index contributed by atoms with van der Waals surface area (Å²) in [6, 6.07) is 3.96. The van der Waals surface area contributed by atoms with Gasteiger partial charge in [0.1, 0.15) is 16.8 Å². The van der Waals surface area contributed by atoms with Crippen LogP contribution in [0.3, 0.4) is 0 Å². The van der Waals surface area contributed by atoms with Crippen molar-refractivity contribution in [2.45, 2.75) is 38.6 Å². The summed E-state index contributed by atoms with van der Waals surface area (Å²) in [4.78, 5) is 17.2. The van der Waals surface area contributed by atoms with E-state index in [1.54, 1.807) is 13.8 Å². The number of benzene rings is 1. The fourth-order valence-corrected chi connectivity index (χ4v) is 4.34. The van der Waals surface area contributed by atoms with E-state index in [2.05, 4.69) is 15.0 Å². The number of sulfonamides is 1. The summed E-state index contributed by atoms with van der Waals surface area (Å²) in [7, 11) is -4.18. The number of halogens is 1. The van der Waals surface area contributed by atoms with Gasteiger partial charge in [-0.05, 0) is 31.9 Å². The average molecular weight is 385 g/mol. The molecule has 0 unspecified atom stereocenters. The van der Waals surface area contributed by atoms with Crippen molar-refractivity contribution in [1.82, 2.24) is 9.71 Å². The summed E-state index contributed by atoms with van der Waals surface area (Å²) in [5.74, 6) is -1.75. The van der Waals surface area contributed by atoms with Gasteiger partial charge in [-0.25, -0.2) is 17.8 Å². The third kappa shape index (κ3) is 4.62. The van der Waals surface area contributed by atoms with Gasteiger partial charge in [0.05, 0.1) is 5.69 Å². The molecule has 1 aromatic heterocycles. The molecule has 0 spiro atoms. The molecule has 1 atom stereocenters. The molecule has 2 rings (SSSR count). The van der Waals surface area contributed by atoms with Crippen LogP contribution in [-0.4, -0.2) is 25.4 Å². The van der Waals surface area contributed by atoms with Gasteiger partial charge in [0.15, 0.2) is 5.13 Å². The Bertz CT molecular complexity index is 859. The number of rotatable bonds is 6. The summed E-state index contributed by atoms with van der Waals surface area (Å²) in [6.07, 6.45) is 0. The van der Waals surface area contributed by atoms with Crippen LogP contribution in [0.1, 0.15) is 24.4 Å². The maximum atomic E-state index is 13.8. The molecule has 0 aliphatic heterocycles. The van der Waals surface area contributed by atoms with Crippen molar-refractivity contribution in [2.24, 2.45) is 5.92 Å². The number of aromatic nitrogens is 1. The second-order valence-corrected chi connectivity index (χ2v) is 8.81. The predicted molar refractivity (Wildman–Crippen MR) is 95.6 cm³/mol. The van der Waals surface area contributed by atoms with E-state index in [9.17, 15) is 17.6 Å². The largest absolute Gasteiger partial charge is 0.301 e. The Morgan fingerprint density at radius 3 is 2.40 bits per heavy atom. The van der Waals surface area contributed by atoms with Gasteiger partial charge in [-0.3, -0.25) is 4.79 Å². The molecule has 1 aromatic carbocycles. The molecule has 6 nitrogen and oxygen atoms in total. The molecule has 1 heterocycles. The van der Waals surface area contributed by atoms with Gasteiger partial charge in [0, 0.05) is 4.88 Å². The zero-order valence-corrected chi connectivity index (χ0v) is 16.0. The van der Waals surface area contributed by atoms with Gasteiger partial charge in [0.25, 0.3) is 0 Å². The smallest absolute Gasteiger partial charge is 0.244 e. The van der Waals surface area contributed by atoms with Crippen LogP contribution >= 0.6 is 11.3 Å². The molecule has 0 saturated heterocycles. The number of nitrogens with one attached hydrogen (secondary N) is 2. The van der Waals surface area contributed by atoms with E-state index in [1.807, 2.05) is 13.8 Å². The monoisotopic (exact) mass is 385 g/mol. The number of hydrogen-bond donors (Lipinski definition) is 2. The molecular formula is C16H20FN3O3S2. The minimum atomic E-state index is -4.18. The van der Waals surface area contributed by atoms with Crippen molar-refractivity contribution in [2.75, 3.05) is 5.32 Å². The summed E-state index contributed by atoms with van der Waals surface area (Å²) in [5, 5.41) is 3.02. The van der Waals surface area contributed by atoms with Gasteiger partial charge in [-0.15, -0.1) is 11.3 Å². The van der Waals surface area contributed by atoms with Crippen LogP contribution in [0.4, 0.5) is 9.52 Å². The molecule has 0 fully saturated rings. The lowest BCUT2D eigenvalue weighted by Crippen LogP contribution is -2.47. The molecule has 1 amide bonds. The Kier molecular flexibility index (Phi) is 5.91. The molecular weight excluding hydrogens is 365 g/mol. The number of carbonyl (C=O) groups is 1. The number of carbonyl (C=O) groups excluding carboxylic acids is 1. The molecule has 0 bridgehead atoms. The van der Waals surface area contributed by atoms with Crippen molar-refractivity contribution >= 4 is 32.4 Å². The fraction of sp³-hybridized carbons (Fsp3) is 0.375. The molecule has 136 valence electrons. The maximum Gasteiger partial charge on any atom is 0.244 e. The highest BCUT2D eigenvalue weighted by molar-refractivity contribution is 7.89. The van der Waals surface area contributed by atoms with E-state index < -0.39 is 32.7 Å².